The molecule has 13 aliphatic heterocycles. The summed E-state index contributed by atoms with van der Waals surface area (Å²) in [6, 6.07) is -0.702. The fourth-order valence-electron chi connectivity index (χ4n) is 16.5. The van der Waals surface area contributed by atoms with Crippen LogP contribution < -0.4 is 24.3 Å². The number of amides is 16. The molecule has 0 saturated carbocycles. The van der Waals surface area contributed by atoms with Gasteiger partial charge in [-0.2, -0.15) is 33.7 Å². The van der Waals surface area contributed by atoms with Gasteiger partial charge in [-0.25, -0.2) is 38.4 Å². The second kappa shape index (κ2) is 23.7. The second-order valence-corrected chi connectivity index (χ2v) is 32.9. The van der Waals surface area contributed by atoms with Gasteiger partial charge in [0.15, 0.2) is 47.3 Å². The van der Waals surface area contributed by atoms with Gasteiger partial charge in [0.25, 0.3) is 40.5 Å². The number of fused-ring (bicyclic) bond motifs is 2. The third kappa shape index (κ3) is 10.3. The Bertz CT molecular complexity index is 3950. The molecule has 0 spiro atoms. The maximum atomic E-state index is 15.5. The van der Waals surface area contributed by atoms with Crippen LogP contribution in [0.25, 0.3) is 0 Å². The van der Waals surface area contributed by atoms with Gasteiger partial charge in [0.2, 0.25) is 0 Å². The topological polar surface area (TPSA) is 516 Å². The number of nitrogens with zero attached hydrogens (tertiary/aromatic N) is 16. The SMILES string of the molecule is CC12N3Cc4c(OCCS(=O)(=O)O)ccc(OCCS(=O)(=O)O)c4CN1C(=O)N1CN4C(=O)N5CN6C(=O)N7CN8C(=O)N9Cc%10c(OCCS(=O)(=O)O)ccc(OCCS(=O)(=O)O)c%10CN%10C(=O)N(CN%11C(=O)N(CN%12C(=O)N(CN(C3=O)C12C)C4C%125)C6C%117)C8(C)C%109C.OCCNC(O)CO. The van der Waals surface area contributed by atoms with Crippen LogP contribution in [-0.4, -0.2) is 357 Å². The lowest BCUT2D eigenvalue weighted by atomic mass is 9.95. The van der Waals surface area contributed by atoms with Gasteiger partial charge in [-0.05, 0) is 52.0 Å². The van der Waals surface area contributed by atoms with Gasteiger partial charge in [-0.3, -0.25) is 102 Å². The summed E-state index contributed by atoms with van der Waals surface area (Å²) in [7, 11) is -18.2. The summed E-state index contributed by atoms with van der Waals surface area (Å²) in [6.45, 7) is -1.12. The van der Waals surface area contributed by atoms with Crippen LogP contribution in [0, 0.1) is 0 Å². The fourth-order valence-corrected chi connectivity index (χ4v) is 17.7. The molecular formula is C54H71N17O27S4. The smallest absolute Gasteiger partial charge is 0.326 e. The van der Waals surface area contributed by atoms with E-state index in [1.807, 2.05) is 0 Å². The monoisotopic (exact) mass is 1520 g/mol. The number of nitrogens with one attached hydrogen (secondary N) is 1. The first-order valence-electron chi connectivity index (χ1n) is 31.7. The number of benzene rings is 2. The van der Waals surface area contributed by atoms with Crippen molar-refractivity contribution >= 4 is 88.7 Å². The third-order valence-electron chi connectivity index (χ3n) is 21.7. The zero-order chi connectivity index (χ0) is 73.6. The van der Waals surface area contributed by atoms with Crippen LogP contribution in [0.15, 0.2) is 24.3 Å². The normalized spacial score (nSPS) is 29.1. The number of carbonyl (C=O) groups excluding carboxylic acids is 8. The van der Waals surface area contributed by atoms with E-state index in [0.29, 0.717) is 6.54 Å². The number of aliphatic hydroxyl groups is 3. The van der Waals surface area contributed by atoms with Crippen molar-refractivity contribution in [2.45, 2.75) is 107 Å². The van der Waals surface area contributed by atoms with E-state index >= 15 is 38.4 Å². The summed E-state index contributed by atoms with van der Waals surface area (Å²) in [5.41, 5.74) is -6.24. The minimum Gasteiger partial charge on any atom is -0.492 e. The Kier molecular flexibility index (Phi) is 16.3. The molecule has 13 aliphatic rings. The average molecular weight is 1520 g/mol. The van der Waals surface area contributed by atoms with Crippen LogP contribution in [0.5, 0.6) is 23.0 Å². The predicted molar refractivity (Wildman–Crippen MR) is 334 cm³/mol. The Morgan fingerprint density at radius 2 is 0.598 bits per heavy atom. The average Bonchev–Trinajstić information content (AvgIpc) is 1.50. The minimum absolute atomic E-state index is 0.00665. The maximum absolute atomic E-state index is 15.5. The molecule has 48 heteroatoms. The van der Waals surface area contributed by atoms with Crippen LogP contribution in [0.1, 0.15) is 49.9 Å². The van der Waals surface area contributed by atoms with Gasteiger partial charge < -0.3 is 34.3 Å². The first-order valence-corrected chi connectivity index (χ1v) is 38.1. The summed E-state index contributed by atoms with van der Waals surface area (Å²) in [6.07, 6.45) is -6.18. The van der Waals surface area contributed by atoms with E-state index in [-0.39, 0.29) is 84.6 Å². The highest BCUT2D eigenvalue weighted by atomic mass is 32.2. The molecule has 13 heterocycles. The fraction of sp³-hybridized carbons (Fsp3) is 0.630. The van der Waals surface area contributed by atoms with Gasteiger partial charge in [0, 0.05) is 28.8 Å². The molecule has 0 aliphatic carbocycles. The zero-order valence-corrected chi connectivity index (χ0v) is 57.9. The van der Waals surface area contributed by atoms with Crippen LogP contribution in [0.2, 0.25) is 0 Å². The number of ether oxygens (including phenoxy) is 4. The Morgan fingerprint density at radius 1 is 0.382 bits per heavy atom. The molecule has 16 amide bonds. The molecule has 15 rings (SSSR count). The number of rotatable bonds is 20. The highest BCUT2D eigenvalue weighted by Gasteiger charge is 2.80. The van der Waals surface area contributed by atoms with Crippen molar-refractivity contribution in [3.63, 3.8) is 0 Å². The highest BCUT2D eigenvalue weighted by molar-refractivity contribution is 7.86. The molecule has 0 bridgehead atoms. The third-order valence-corrected chi connectivity index (χ3v) is 24.4. The minimum atomic E-state index is -4.54. The summed E-state index contributed by atoms with van der Waals surface area (Å²) >= 11 is 0. The Hall–Kier alpha value is -8.72. The van der Waals surface area contributed by atoms with E-state index in [1.165, 1.54) is 103 Å². The van der Waals surface area contributed by atoms with Crippen molar-refractivity contribution in [1.29, 1.82) is 0 Å². The zero-order valence-electron chi connectivity index (χ0n) is 54.6. The van der Waals surface area contributed by atoms with Crippen molar-refractivity contribution in [1.82, 2.24) is 83.7 Å². The van der Waals surface area contributed by atoms with Crippen molar-refractivity contribution in [3.8, 4) is 23.0 Å². The number of aliphatic hydroxyl groups excluding tert-OH is 3. The first-order chi connectivity index (χ1) is 47.7. The van der Waals surface area contributed by atoms with Gasteiger partial charge in [-0.15, -0.1) is 0 Å². The van der Waals surface area contributed by atoms with E-state index in [2.05, 4.69) is 5.32 Å². The van der Waals surface area contributed by atoms with E-state index in [4.69, 9.17) is 34.3 Å². The molecule has 1 atom stereocenters. The molecule has 558 valence electrons. The van der Waals surface area contributed by atoms with Crippen LogP contribution in [0.3, 0.4) is 0 Å². The van der Waals surface area contributed by atoms with E-state index in [1.54, 1.807) is 27.7 Å². The van der Waals surface area contributed by atoms with Gasteiger partial charge >= 0.3 is 48.2 Å². The van der Waals surface area contributed by atoms with Gasteiger partial charge in [0.05, 0.1) is 39.4 Å². The molecule has 11 saturated heterocycles. The lowest BCUT2D eigenvalue weighted by Crippen LogP contribution is -2.69. The predicted octanol–water partition coefficient (Wildman–Crippen LogP) is -3.78. The molecule has 0 radical (unpaired) electrons. The molecule has 0 aromatic heterocycles. The molecule has 1 unspecified atom stereocenters. The highest BCUT2D eigenvalue weighted by Crippen LogP contribution is 2.59. The molecular weight excluding hydrogens is 1450 g/mol. The van der Waals surface area contributed by atoms with E-state index < -0.39 is 232 Å². The van der Waals surface area contributed by atoms with Crippen LogP contribution in [-0.2, 0) is 66.7 Å². The maximum Gasteiger partial charge on any atom is 0.326 e. The number of carbonyl (C=O) groups is 8. The van der Waals surface area contributed by atoms with Gasteiger partial charge in [-0.1, -0.05) is 0 Å². The summed E-state index contributed by atoms with van der Waals surface area (Å²) in [5, 5.41) is 27.3. The summed E-state index contributed by atoms with van der Waals surface area (Å²) < 4.78 is 156. The molecule has 2 aromatic carbocycles. The summed E-state index contributed by atoms with van der Waals surface area (Å²) in [4.78, 5) is 145. The molecule has 44 nitrogen and oxygen atoms in total. The number of hydrogen-bond acceptors (Lipinski definition) is 24. The van der Waals surface area contributed by atoms with Gasteiger partial charge in [0.1, 0.15) is 119 Å². The van der Waals surface area contributed by atoms with Crippen molar-refractivity contribution < 1.29 is 125 Å². The lowest BCUT2D eigenvalue weighted by Gasteiger charge is -2.49. The number of urea groups is 8. The molecule has 2 aromatic rings. The van der Waals surface area contributed by atoms with E-state index in [9.17, 15) is 51.9 Å². The largest absolute Gasteiger partial charge is 0.492 e. The molecule has 102 heavy (non-hydrogen) atoms. The summed E-state index contributed by atoms with van der Waals surface area (Å²) in [5.74, 6) is -3.40. The quantitative estimate of drug-likeness (QED) is 0.0466. The lowest BCUT2D eigenvalue weighted by molar-refractivity contribution is -0.0871. The first kappa shape index (κ1) is 70.3. The van der Waals surface area contributed by atoms with Crippen LogP contribution >= 0.6 is 0 Å². The van der Waals surface area contributed by atoms with E-state index in [0.717, 1.165) is 0 Å². The Balaban J connectivity index is 0.00000104. The Labute approximate surface area is 580 Å². The standard InChI is InChI=1S/C50H60N16O24S4.C4H11NO3/c1-47-49(3)63-23-55-37-35-51(39(55)67)21-53-36-38-57(41(53)69)25-65-45(73)61-19-29-30(34(90-12-16-94(84,85)86)8-7-33(29)89-11-15-93(81,82)83)20-62-46(74)66(50(65,4)48(61,62)2)26-58(38)42(70)54(36)22-52(35)40(68)56(37)24-64(49)44(72)60(47)18-28-27(17-59(47)43(63)71)31(87-9-13-91(75,76)77)5-6-32(28)88-10-14-92(78,79)80;6-2-1-5-4(8)3-7/h5-8,35-38H,9-26H2,1-4H3,(H,75,76,77)(H,78,79,80)(H,81,82,83)(H,84,85,86);4-8H,1-3H2. The number of hydrogen-bond donors (Lipinski definition) is 8. The molecule has 11 fully saturated rings. The Morgan fingerprint density at radius 3 is 0.804 bits per heavy atom. The van der Waals surface area contributed by atoms with Crippen molar-refractivity contribution in [3.05, 3.63) is 46.5 Å². The molecule has 8 N–H and O–H groups in total. The van der Waals surface area contributed by atoms with Crippen molar-refractivity contribution in [2.24, 2.45) is 0 Å². The second-order valence-electron chi connectivity index (χ2n) is 26.6. The van der Waals surface area contributed by atoms with Crippen molar-refractivity contribution in [2.75, 3.05) is 109 Å². The van der Waals surface area contributed by atoms with Crippen LogP contribution in [0.4, 0.5) is 38.4 Å².